The molecule has 5 rings (SSSR count). The highest BCUT2D eigenvalue weighted by Gasteiger charge is 2.82. The van der Waals surface area contributed by atoms with Crippen molar-refractivity contribution in [1.82, 2.24) is 5.32 Å². The van der Waals surface area contributed by atoms with Gasteiger partial charge in [0.2, 0.25) is 0 Å². The van der Waals surface area contributed by atoms with Crippen LogP contribution in [0.1, 0.15) is 0 Å². The minimum absolute atomic E-state index is 0.250. The Hall–Kier alpha value is -1.05. The van der Waals surface area contributed by atoms with E-state index in [-0.39, 0.29) is 5.96 Å². The lowest BCUT2D eigenvalue weighted by atomic mass is 9.55. The fourth-order valence-corrected chi connectivity index (χ4v) is 4.24. The third-order valence-corrected chi connectivity index (χ3v) is 5.22. The molecule has 4 aliphatic heterocycles. The number of aliphatic hydroxyl groups is 6. The van der Waals surface area contributed by atoms with Gasteiger partial charge in [0.05, 0.1) is 12.5 Å². The highest BCUT2D eigenvalue weighted by Crippen LogP contribution is 2.58. The molecule has 4 fully saturated rings. The van der Waals surface area contributed by atoms with Crippen molar-refractivity contribution in [3.05, 3.63) is 0 Å². The molecule has 1 spiro atoms. The van der Waals surface area contributed by atoms with Gasteiger partial charge in [-0.05, 0) is 0 Å². The zero-order chi connectivity index (χ0) is 16.1. The van der Waals surface area contributed by atoms with Crippen molar-refractivity contribution >= 4 is 5.96 Å². The van der Waals surface area contributed by atoms with Crippen LogP contribution in [0.15, 0.2) is 4.99 Å². The van der Waals surface area contributed by atoms with E-state index in [9.17, 15) is 30.6 Å². The molecule has 4 bridgehead atoms. The zero-order valence-electron chi connectivity index (χ0n) is 11.2. The molecular formula is C11H17N3O8. The minimum atomic E-state index is -2.52. The molecule has 1 aliphatic carbocycles. The second kappa shape index (κ2) is 3.88. The summed E-state index contributed by atoms with van der Waals surface area (Å²) in [7, 11) is 0. The summed E-state index contributed by atoms with van der Waals surface area (Å²) in [6.45, 7) is -0.857. The van der Waals surface area contributed by atoms with Crippen LogP contribution >= 0.6 is 0 Å². The van der Waals surface area contributed by atoms with Crippen molar-refractivity contribution in [3.8, 4) is 0 Å². The van der Waals surface area contributed by atoms with Gasteiger partial charge in [0.1, 0.15) is 29.5 Å². The quantitative estimate of drug-likeness (QED) is 0.231. The highest BCUT2D eigenvalue weighted by molar-refractivity contribution is 5.80. The molecule has 9 atom stereocenters. The lowest BCUT2D eigenvalue weighted by molar-refractivity contribution is -0.548. The van der Waals surface area contributed by atoms with Crippen molar-refractivity contribution in [2.75, 3.05) is 6.61 Å². The zero-order valence-corrected chi connectivity index (χ0v) is 11.2. The number of nitrogens with one attached hydrogen (secondary N) is 1. The van der Waals surface area contributed by atoms with E-state index in [0.717, 1.165) is 0 Å². The third kappa shape index (κ3) is 1.28. The molecule has 124 valence electrons. The van der Waals surface area contributed by atoms with Crippen LogP contribution in [0.25, 0.3) is 0 Å². The van der Waals surface area contributed by atoms with Gasteiger partial charge >= 0.3 is 5.97 Å². The maximum absolute atomic E-state index is 10.6. The maximum Gasteiger partial charge on any atom is 0.311 e. The van der Waals surface area contributed by atoms with E-state index in [1.807, 2.05) is 0 Å². The largest absolute Gasteiger partial charge is 0.393 e. The van der Waals surface area contributed by atoms with Crippen LogP contribution in [0.2, 0.25) is 0 Å². The number of nitrogens with zero attached hydrogens (tertiary/aromatic N) is 1. The molecule has 0 unspecified atom stereocenters. The molecule has 0 aromatic carbocycles. The Morgan fingerprint density at radius 3 is 2.45 bits per heavy atom. The molecule has 4 heterocycles. The van der Waals surface area contributed by atoms with Crippen LogP contribution in [0.5, 0.6) is 0 Å². The van der Waals surface area contributed by atoms with Crippen molar-refractivity contribution in [3.63, 3.8) is 0 Å². The molecule has 22 heavy (non-hydrogen) atoms. The van der Waals surface area contributed by atoms with Crippen LogP contribution in [-0.2, 0) is 9.47 Å². The number of guanidine groups is 1. The van der Waals surface area contributed by atoms with E-state index in [2.05, 4.69) is 10.3 Å². The number of hydrogen-bond donors (Lipinski definition) is 8. The number of rotatable bonds is 1. The molecule has 0 radical (unpaired) electrons. The molecule has 0 aromatic rings. The van der Waals surface area contributed by atoms with Crippen molar-refractivity contribution in [2.45, 2.75) is 47.8 Å². The predicted molar refractivity (Wildman–Crippen MR) is 65.7 cm³/mol. The topological polar surface area (TPSA) is 190 Å². The van der Waals surface area contributed by atoms with Crippen LogP contribution in [0.4, 0.5) is 0 Å². The standard InChI is InChI=1S/C11H17N3O8/c12-8-13-6(17)2-4-9(19,1-15)5-3(16)10(2,14-8)7(18)11(20,21-4)22-5/h2-7,15-20H,1H2,(H3,12,13,14)/t2-,3+,4-,5-,6-,7+,9-,10+,11-/m0/s1. The maximum atomic E-state index is 10.6. The molecule has 1 saturated carbocycles. The normalized spacial score (nSPS) is 62.4. The molecule has 11 nitrogen and oxygen atoms in total. The predicted octanol–water partition coefficient (Wildman–Crippen LogP) is -5.52. The van der Waals surface area contributed by atoms with Gasteiger partial charge < -0.3 is 51.2 Å². The first-order chi connectivity index (χ1) is 10.2. The minimum Gasteiger partial charge on any atom is -0.393 e. The Bertz CT molecular complexity index is 561. The van der Waals surface area contributed by atoms with Gasteiger partial charge in [0.25, 0.3) is 0 Å². The summed E-state index contributed by atoms with van der Waals surface area (Å²) in [4.78, 5) is 3.70. The summed E-state index contributed by atoms with van der Waals surface area (Å²) in [6.07, 6.45) is -7.77. The molecule has 5 aliphatic rings. The summed E-state index contributed by atoms with van der Waals surface area (Å²) < 4.78 is 10.3. The first kappa shape index (κ1) is 14.5. The Morgan fingerprint density at radius 1 is 1.18 bits per heavy atom. The first-order valence-corrected chi connectivity index (χ1v) is 6.77. The molecular weight excluding hydrogens is 302 g/mol. The summed E-state index contributed by atoms with van der Waals surface area (Å²) >= 11 is 0. The summed E-state index contributed by atoms with van der Waals surface area (Å²) in [6, 6.07) is 0. The Kier molecular flexibility index (Phi) is 2.57. The highest BCUT2D eigenvalue weighted by atomic mass is 16.9. The third-order valence-electron chi connectivity index (χ3n) is 5.22. The van der Waals surface area contributed by atoms with E-state index in [0.29, 0.717) is 0 Å². The average Bonchev–Trinajstić information content (AvgIpc) is 2.45. The van der Waals surface area contributed by atoms with E-state index < -0.39 is 60.3 Å². The monoisotopic (exact) mass is 319 g/mol. The van der Waals surface area contributed by atoms with Gasteiger partial charge in [0, 0.05) is 0 Å². The van der Waals surface area contributed by atoms with Crippen LogP contribution < -0.4 is 11.1 Å². The number of aliphatic imine (C=N–C) groups is 1. The van der Waals surface area contributed by atoms with Gasteiger partial charge in [-0.15, -0.1) is 0 Å². The van der Waals surface area contributed by atoms with Crippen LogP contribution in [0.3, 0.4) is 0 Å². The van der Waals surface area contributed by atoms with Crippen LogP contribution in [-0.4, -0.2) is 91.0 Å². The lowest BCUT2D eigenvalue weighted by Crippen LogP contribution is -2.95. The van der Waals surface area contributed by atoms with E-state index >= 15 is 0 Å². The Morgan fingerprint density at radius 2 is 1.82 bits per heavy atom. The van der Waals surface area contributed by atoms with Crippen molar-refractivity contribution in [1.29, 1.82) is 0 Å². The molecule has 11 heteroatoms. The summed E-state index contributed by atoms with van der Waals surface area (Å²) in [5.74, 6) is -3.95. The fraction of sp³-hybridized carbons (Fsp3) is 0.909. The molecule has 9 N–H and O–H groups in total. The number of nitrogens with two attached hydrogens (primary N) is 1. The van der Waals surface area contributed by atoms with Crippen LogP contribution in [0, 0.1) is 5.92 Å². The molecule has 3 saturated heterocycles. The molecule has 0 aromatic heterocycles. The summed E-state index contributed by atoms with van der Waals surface area (Å²) in [5, 5.41) is 64.3. The van der Waals surface area contributed by atoms with Gasteiger partial charge in [-0.1, -0.05) is 0 Å². The smallest absolute Gasteiger partial charge is 0.311 e. The van der Waals surface area contributed by atoms with Gasteiger partial charge in [-0.3, -0.25) is 0 Å². The number of aliphatic hydroxyl groups excluding tert-OH is 4. The second-order valence-corrected chi connectivity index (χ2v) is 6.22. The van der Waals surface area contributed by atoms with Gasteiger partial charge in [-0.2, -0.15) is 0 Å². The van der Waals surface area contributed by atoms with E-state index in [1.165, 1.54) is 0 Å². The summed E-state index contributed by atoms with van der Waals surface area (Å²) in [5.41, 5.74) is 1.74. The van der Waals surface area contributed by atoms with Gasteiger partial charge in [-0.25, -0.2) is 4.99 Å². The van der Waals surface area contributed by atoms with Crippen molar-refractivity contribution in [2.24, 2.45) is 16.6 Å². The average molecular weight is 319 g/mol. The van der Waals surface area contributed by atoms with E-state index in [1.54, 1.807) is 0 Å². The lowest BCUT2D eigenvalue weighted by Gasteiger charge is -2.71. The van der Waals surface area contributed by atoms with E-state index in [4.69, 9.17) is 15.2 Å². The number of hydrogen-bond acceptors (Lipinski definition) is 11. The SMILES string of the molecule is NC1=N[C@@H](O)[C@@H]2[C@@H]3O[C@]4(O)O[C@@H]([C@@H](O)[C@@]2(N1)[C@H]4O)[C@]3(O)CO. The first-order valence-electron chi connectivity index (χ1n) is 6.77. The fourth-order valence-electron chi connectivity index (χ4n) is 4.24. The Balaban J connectivity index is 1.95. The number of ether oxygens (including phenoxy) is 2. The Labute approximate surface area is 123 Å². The molecule has 0 amide bonds. The van der Waals surface area contributed by atoms with Crippen molar-refractivity contribution < 1.29 is 40.1 Å². The second-order valence-electron chi connectivity index (χ2n) is 6.22. The van der Waals surface area contributed by atoms with Gasteiger partial charge in [0.15, 0.2) is 18.3 Å².